The molecule has 0 radical (unpaired) electrons. The minimum atomic E-state index is 0.303. The lowest BCUT2D eigenvalue weighted by atomic mass is 10.0. The van der Waals surface area contributed by atoms with Gasteiger partial charge < -0.3 is 19.1 Å². The van der Waals surface area contributed by atoms with Gasteiger partial charge in [0.2, 0.25) is 0 Å². The van der Waals surface area contributed by atoms with Gasteiger partial charge in [-0.1, -0.05) is 12.1 Å². The van der Waals surface area contributed by atoms with Crippen LogP contribution >= 0.6 is 0 Å². The first-order valence-corrected chi connectivity index (χ1v) is 7.95. The molecule has 2 aliphatic rings. The fourth-order valence-electron chi connectivity index (χ4n) is 3.20. The molecule has 3 rings (SSSR count). The molecule has 0 bridgehead atoms. The molecule has 0 amide bonds. The number of piperidine rings is 1. The van der Waals surface area contributed by atoms with Crippen LogP contribution in [-0.2, 0) is 4.74 Å². The minimum absolute atomic E-state index is 0.303. The zero-order valence-corrected chi connectivity index (χ0v) is 12.8. The average Bonchev–Trinajstić information content (AvgIpc) is 3.03. The lowest BCUT2D eigenvalue weighted by molar-refractivity contribution is 0.0860. The summed E-state index contributed by atoms with van der Waals surface area (Å²) in [4.78, 5) is 2.56. The molecular formula is C17H25NO3. The van der Waals surface area contributed by atoms with Gasteiger partial charge in [-0.3, -0.25) is 0 Å². The van der Waals surface area contributed by atoms with Crippen molar-refractivity contribution in [2.75, 3.05) is 40.0 Å². The van der Waals surface area contributed by atoms with Crippen LogP contribution in [0.15, 0.2) is 24.3 Å². The summed E-state index contributed by atoms with van der Waals surface area (Å²) >= 11 is 0. The highest BCUT2D eigenvalue weighted by molar-refractivity contribution is 5.39. The van der Waals surface area contributed by atoms with Gasteiger partial charge in [0.05, 0.1) is 13.7 Å². The Morgan fingerprint density at radius 2 is 1.90 bits per heavy atom. The Morgan fingerprint density at radius 3 is 2.57 bits per heavy atom. The second-order valence-electron chi connectivity index (χ2n) is 6.00. The molecule has 4 nitrogen and oxygen atoms in total. The van der Waals surface area contributed by atoms with Crippen LogP contribution in [-0.4, -0.2) is 51.0 Å². The van der Waals surface area contributed by atoms with Crippen LogP contribution in [0.5, 0.6) is 11.5 Å². The van der Waals surface area contributed by atoms with Gasteiger partial charge in [-0.15, -0.1) is 0 Å². The molecule has 2 fully saturated rings. The Labute approximate surface area is 127 Å². The molecule has 1 aromatic carbocycles. The summed E-state index contributed by atoms with van der Waals surface area (Å²) in [7, 11) is 1.69. The topological polar surface area (TPSA) is 30.9 Å². The van der Waals surface area contributed by atoms with Crippen LogP contribution in [0.2, 0.25) is 0 Å². The lowest BCUT2D eigenvalue weighted by Gasteiger charge is -2.33. The van der Waals surface area contributed by atoms with Crippen molar-refractivity contribution in [3.63, 3.8) is 0 Å². The van der Waals surface area contributed by atoms with Crippen molar-refractivity contribution in [3.8, 4) is 11.5 Å². The van der Waals surface area contributed by atoms with Crippen molar-refractivity contribution in [2.24, 2.45) is 5.92 Å². The normalized spacial score (nSPS) is 24.1. The van der Waals surface area contributed by atoms with Crippen molar-refractivity contribution >= 4 is 0 Å². The molecule has 0 spiro atoms. The Bertz CT molecular complexity index is 437. The average molecular weight is 291 g/mol. The third-order valence-electron chi connectivity index (χ3n) is 4.44. The molecule has 116 valence electrons. The van der Waals surface area contributed by atoms with Gasteiger partial charge in [-0.05, 0) is 37.3 Å². The SMILES string of the molecule is COc1ccccc1OC1CCN(CC2CCOC2)CC1. The van der Waals surface area contributed by atoms with Gasteiger partial charge in [-0.25, -0.2) is 0 Å². The fraction of sp³-hybridized carbons (Fsp3) is 0.647. The van der Waals surface area contributed by atoms with Crippen molar-refractivity contribution < 1.29 is 14.2 Å². The van der Waals surface area contributed by atoms with Gasteiger partial charge in [-0.2, -0.15) is 0 Å². The zero-order chi connectivity index (χ0) is 14.5. The highest BCUT2D eigenvalue weighted by Crippen LogP contribution is 2.29. The van der Waals surface area contributed by atoms with E-state index >= 15 is 0 Å². The Balaban J connectivity index is 1.47. The number of benzene rings is 1. The van der Waals surface area contributed by atoms with Crippen LogP contribution in [0.25, 0.3) is 0 Å². The Morgan fingerprint density at radius 1 is 1.14 bits per heavy atom. The van der Waals surface area contributed by atoms with Gasteiger partial charge in [0.1, 0.15) is 6.10 Å². The molecule has 0 saturated carbocycles. The first-order valence-electron chi connectivity index (χ1n) is 7.95. The van der Waals surface area contributed by atoms with E-state index in [0.717, 1.165) is 56.6 Å². The van der Waals surface area contributed by atoms with Crippen LogP contribution in [0, 0.1) is 5.92 Å². The predicted molar refractivity (Wildman–Crippen MR) is 82.0 cm³/mol. The van der Waals surface area contributed by atoms with Crippen LogP contribution in [0.3, 0.4) is 0 Å². The van der Waals surface area contributed by atoms with Gasteiger partial charge in [0.25, 0.3) is 0 Å². The Kier molecular flexibility index (Phi) is 4.99. The number of ether oxygens (including phenoxy) is 3. The molecule has 21 heavy (non-hydrogen) atoms. The van der Waals surface area contributed by atoms with Gasteiger partial charge in [0.15, 0.2) is 11.5 Å². The largest absolute Gasteiger partial charge is 0.493 e. The first kappa shape index (κ1) is 14.7. The number of hydrogen-bond donors (Lipinski definition) is 0. The number of para-hydroxylation sites is 2. The third-order valence-corrected chi connectivity index (χ3v) is 4.44. The molecule has 2 saturated heterocycles. The highest BCUT2D eigenvalue weighted by Gasteiger charge is 2.25. The first-order chi connectivity index (χ1) is 10.3. The van der Waals surface area contributed by atoms with E-state index in [2.05, 4.69) is 4.90 Å². The second kappa shape index (κ2) is 7.14. The summed E-state index contributed by atoms with van der Waals surface area (Å²) in [6.07, 6.45) is 3.70. The molecule has 2 heterocycles. The van der Waals surface area contributed by atoms with Gasteiger partial charge in [0, 0.05) is 26.2 Å². The summed E-state index contributed by atoms with van der Waals surface area (Å²) in [5.41, 5.74) is 0. The number of likely N-dealkylation sites (tertiary alicyclic amines) is 1. The number of methoxy groups -OCH3 is 1. The summed E-state index contributed by atoms with van der Waals surface area (Å²) in [6.45, 7) is 5.31. The van der Waals surface area contributed by atoms with Crippen LogP contribution < -0.4 is 9.47 Å². The van der Waals surface area contributed by atoms with E-state index < -0.39 is 0 Å². The Hall–Kier alpha value is -1.26. The fourth-order valence-corrected chi connectivity index (χ4v) is 3.20. The molecule has 0 aliphatic carbocycles. The lowest BCUT2D eigenvalue weighted by Crippen LogP contribution is -2.40. The molecule has 1 atom stereocenters. The van der Waals surface area contributed by atoms with Gasteiger partial charge >= 0.3 is 0 Å². The number of rotatable bonds is 5. The summed E-state index contributed by atoms with van der Waals surface area (Å²) in [5.74, 6) is 2.42. The standard InChI is InChI=1S/C17H25NO3/c1-19-16-4-2-3-5-17(16)21-15-6-9-18(10-7-15)12-14-8-11-20-13-14/h2-5,14-15H,6-13H2,1H3. The monoisotopic (exact) mass is 291 g/mol. The van der Waals surface area contributed by atoms with Crippen molar-refractivity contribution in [1.29, 1.82) is 0 Å². The second-order valence-corrected chi connectivity index (χ2v) is 6.00. The summed E-state index contributed by atoms with van der Waals surface area (Å²) in [5, 5.41) is 0. The molecule has 2 aliphatic heterocycles. The van der Waals surface area contributed by atoms with Crippen LogP contribution in [0.1, 0.15) is 19.3 Å². The van der Waals surface area contributed by atoms with E-state index in [4.69, 9.17) is 14.2 Å². The van der Waals surface area contributed by atoms with E-state index in [-0.39, 0.29) is 0 Å². The smallest absolute Gasteiger partial charge is 0.161 e. The third kappa shape index (κ3) is 3.89. The maximum absolute atomic E-state index is 6.12. The van der Waals surface area contributed by atoms with E-state index in [0.29, 0.717) is 6.10 Å². The van der Waals surface area contributed by atoms with E-state index in [1.807, 2.05) is 24.3 Å². The number of nitrogens with zero attached hydrogens (tertiary/aromatic N) is 1. The summed E-state index contributed by atoms with van der Waals surface area (Å²) < 4.78 is 16.9. The molecule has 0 aromatic heterocycles. The molecule has 1 aromatic rings. The molecule has 4 heteroatoms. The van der Waals surface area contributed by atoms with Crippen molar-refractivity contribution in [1.82, 2.24) is 4.90 Å². The van der Waals surface area contributed by atoms with Crippen molar-refractivity contribution in [3.05, 3.63) is 24.3 Å². The quantitative estimate of drug-likeness (QED) is 0.834. The van der Waals surface area contributed by atoms with Crippen LogP contribution in [0.4, 0.5) is 0 Å². The number of hydrogen-bond acceptors (Lipinski definition) is 4. The van der Waals surface area contributed by atoms with E-state index in [9.17, 15) is 0 Å². The molecular weight excluding hydrogens is 266 g/mol. The highest BCUT2D eigenvalue weighted by atomic mass is 16.5. The van der Waals surface area contributed by atoms with Crippen molar-refractivity contribution in [2.45, 2.75) is 25.4 Å². The zero-order valence-electron chi connectivity index (χ0n) is 12.8. The maximum atomic E-state index is 6.12. The summed E-state index contributed by atoms with van der Waals surface area (Å²) in [6, 6.07) is 7.90. The molecule has 1 unspecified atom stereocenters. The minimum Gasteiger partial charge on any atom is -0.493 e. The maximum Gasteiger partial charge on any atom is 0.161 e. The van der Waals surface area contributed by atoms with E-state index in [1.165, 1.54) is 13.0 Å². The van der Waals surface area contributed by atoms with E-state index in [1.54, 1.807) is 7.11 Å². The predicted octanol–water partition coefficient (Wildman–Crippen LogP) is 2.57. The molecule has 0 N–H and O–H groups in total.